The van der Waals surface area contributed by atoms with Gasteiger partial charge < -0.3 is 11.1 Å². The van der Waals surface area contributed by atoms with E-state index >= 15 is 0 Å². The van der Waals surface area contributed by atoms with Crippen LogP contribution in [0, 0.1) is 0 Å². The molecule has 0 aromatic carbocycles. The fraction of sp³-hybridized carbons (Fsp3) is 0.409. The van der Waals surface area contributed by atoms with Crippen molar-refractivity contribution >= 4 is 23.3 Å². The van der Waals surface area contributed by atoms with Crippen LogP contribution in [0.2, 0.25) is 0 Å². The molecule has 2 aliphatic rings. The molecule has 158 valence electrons. The molecule has 1 aliphatic heterocycles. The van der Waals surface area contributed by atoms with Crippen molar-refractivity contribution < 1.29 is 4.79 Å². The Labute approximate surface area is 176 Å². The van der Waals surface area contributed by atoms with Gasteiger partial charge >= 0.3 is 0 Å². The molecule has 2 aromatic rings. The number of nitrogen functional groups attached to an aromatic ring is 1. The first-order chi connectivity index (χ1) is 14.6. The first kappa shape index (κ1) is 20.3. The number of amides is 1. The maximum absolute atomic E-state index is 10.8. The van der Waals surface area contributed by atoms with Crippen LogP contribution in [0.3, 0.4) is 0 Å². The number of aromatic nitrogens is 3. The van der Waals surface area contributed by atoms with Crippen LogP contribution in [0.15, 0.2) is 42.4 Å². The normalized spacial score (nSPS) is 18.4. The Morgan fingerprint density at radius 2 is 2.03 bits per heavy atom. The molecule has 8 heteroatoms. The van der Waals surface area contributed by atoms with Gasteiger partial charge in [0.15, 0.2) is 5.82 Å². The maximum Gasteiger partial charge on any atom is 0.211 e. The Kier molecular flexibility index (Phi) is 5.96. The monoisotopic (exact) mass is 407 g/mol. The van der Waals surface area contributed by atoms with E-state index in [1.54, 1.807) is 0 Å². The van der Waals surface area contributed by atoms with E-state index in [0.717, 1.165) is 60.8 Å². The lowest BCUT2D eigenvalue weighted by Gasteiger charge is -2.36. The van der Waals surface area contributed by atoms with Crippen molar-refractivity contribution in [2.75, 3.05) is 31.9 Å². The molecule has 2 aromatic heterocycles. The van der Waals surface area contributed by atoms with Crippen molar-refractivity contribution in [3.8, 4) is 0 Å². The average Bonchev–Trinajstić information content (AvgIpc) is 2.94. The standard InChI is InChI=1S/C22H29N7O/c1-16(2)28-10-8-27(9-11-28)13-19-12-20(21-22(23)24-14-26-29(19)21)17-4-3-5-18(7-6-17)25-15-30/h3-4,6-7,12,14-16H,5,8-11,13H2,1-2H3,(H,25,30)(H2,23,24,26). The summed E-state index contributed by atoms with van der Waals surface area (Å²) in [6, 6.07) is 2.75. The van der Waals surface area contributed by atoms with Crippen molar-refractivity contribution in [3.05, 3.63) is 53.7 Å². The van der Waals surface area contributed by atoms with Crippen LogP contribution < -0.4 is 11.1 Å². The van der Waals surface area contributed by atoms with Gasteiger partial charge in [-0.25, -0.2) is 9.50 Å². The maximum atomic E-state index is 10.8. The van der Waals surface area contributed by atoms with Crippen LogP contribution in [-0.2, 0) is 11.3 Å². The van der Waals surface area contributed by atoms with Crippen molar-refractivity contribution in [1.82, 2.24) is 29.7 Å². The molecule has 0 unspecified atom stereocenters. The molecular formula is C22H29N7O. The smallest absolute Gasteiger partial charge is 0.211 e. The SMILES string of the molecule is CC(C)N1CCN(Cc2cc(C3=CC=C(NC=O)CC=C3)c3c(N)ncnn23)CC1. The van der Waals surface area contributed by atoms with E-state index in [2.05, 4.69) is 51.2 Å². The Morgan fingerprint density at radius 3 is 2.77 bits per heavy atom. The van der Waals surface area contributed by atoms with Crippen molar-refractivity contribution in [3.63, 3.8) is 0 Å². The van der Waals surface area contributed by atoms with Gasteiger partial charge in [0.2, 0.25) is 6.41 Å². The van der Waals surface area contributed by atoms with Crippen molar-refractivity contribution in [2.24, 2.45) is 0 Å². The highest BCUT2D eigenvalue weighted by Gasteiger charge is 2.22. The third-order valence-corrected chi connectivity index (χ3v) is 5.83. The molecule has 0 bridgehead atoms. The van der Waals surface area contributed by atoms with E-state index in [1.165, 1.54) is 6.33 Å². The van der Waals surface area contributed by atoms with Gasteiger partial charge in [0.1, 0.15) is 11.8 Å². The number of nitrogens with zero attached hydrogens (tertiary/aromatic N) is 5. The van der Waals surface area contributed by atoms with Gasteiger partial charge in [0.25, 0.3) is 0 Å². The van der Waals surface area contributed by atoms with Crippen LogP contribution >= 0.6 is 0 Å². The second kappa shape index (κ2) is 8.81. The van der Waals surface area contributed by atoms with Crippen LogP contribution in [0.25, 0.3) is 11.1 Å². The van der Waals surface area contributed by atoms with Gasteiger partial charge in [0, 0.05) is 56.4 Å². The van der Waals surface area contributed by atoms with Gasteiger partial charge in [-0.05, 0) is 31.6 Å². The highest BCUT2D eigenvalue weighted by Crippen LogP contribution is 2.30. The summed E-state index contributed by atoms with van der Waals surface area (Å²) in [7, 11) is 0. The molecule has 3 N–H and O–H groups in total. The molecule has 0 radical (unpaired) electrons. The molecule has 1 fully saturated rings. The van der Waals surface area contributed by atoms with Crippen LogP contribution in [-0.4, -0.2) is 63.0 Å². The number of rotatable bonds is 6. The molecule has 8 nitrogen and oxygen atoms in total. The summed E-state index contributed by atoms with van der Waals surface area (Å²) >= 11 is 0. The van der Waals surface area contributed by atoms with Crippen molar-refractivity contribution in [2.45, 2.75) is 32.9 Å². The zero-order valence-electron chi connectivity index (χ0n) is 17.6. The lowest BCUT2D eigenvalue weighted by molar-refractivity contribution is -0.108. The first-order valence-electron chi connectivity index (χ1n) is 10.4. The minimum absolute atomic E-state index is 0.463. The summed E-state index contributed by atoms with van der Waals surface area (Å²) in [6.07, 6.45) is 10.9. The zero-order valence-corrected chi connectivity index (χ0v) is 17.6. The number of allylic oxidation sites excluding steroid dienone is 5. The Morgan fingerprint density at radius 1 is 1.23 bits per heavy atom. The Balaban J connectivity index is 1.65. The Hall–Kier alpha value is -2.97. The minimum Gasteiger partial charge on any atom is -0.382 e. The Bertz CT molecular complexity index is 1010. The number of carbonyl (C=O) groups is 1. The summed E-state index contributed by atoms with van der Waals surface area (Å²) < 4.78 is 1.92. The highest BCUT2D eigenvalue weighted by atomic mass is 16.1. The van der Waals surface area contributed by atoms with Crippen molar-refractivity contribution in [1.29, 1.82) is 0 Å². The summed E-state index contributed by atoms with van der Waals surface area (Å²) in [5, 5.41) is 7.23. The van der Waals surface area contributed by atoms with Gasteiger partial charge in [-0.3, -0.25) is 14.6 Å². The first-order valence-corrected chi connectivity index (χ1v) is 10.4. The summed E-state index contributed by atoms with van der Waals surface area (Å²) in [5.74, 6) is 0.463. The summed E-state index contributed by atoms with van der Waals surface area (Å²) in [4.78, 5) is 20.0. The van der Waals surface area contributed by atoms with Crippen LogP contribution in [0.4, 0.5) is 5.82 Å². The number of piperazine rings is 1. The lowest BCUT2D eigenvalue weighted by atomic mass is 10.1. The van der Waals surface area contributed by atoms with Gasteiger partial charge in [-0.15, -0.1) is 0 Å². The van der Waals surface area contributed by atoms with E-state index in [9.17, 15) is 4.79 Å². The highest BCUT2D eigenvalue weighted by molar-refractivity contribution is 5.90. The summed E-state index contributed by atoms with van der Waals surface area (Å²) in [6.45, 7) is 9.54. The molecule has 3 heterocycles. The van der Waals surface area contributed by atoms with Crippen LogP contribution in [0.1, 0.15) is 31.5 Å². The number of hydrogen-bond donors (Lipinski definition) is 2. The van der Waals surface area contributed by atoms with Crippen LogP contribution in [0.5, 0.6) is 0 Å². The number of nitrogens with one attached hydrogen (secondary N) is 1. The van der Waals surface area contributed by atoms with E-state index in [1.807, 2.05) is 22.7 Å². The third kappa shape index (κ3) is 4.15. The number of fused-ring (bicyclic) bond motifs is 1. The number of hydrogen-bond acceptors (Lipinski definition) is 6. The molecule has 0 atom stereocenters. The second-order valence-corrected chi connectivity index (χ2v) is 8.04. The van der Waals surface area contributed by atoms with Gasteiger partial charge in [-0.2, -0.15) is 5.10 Å². The largest absolute Gasteiger partial charge is 0.382 e. The van der Waals surface area contributed by atoms with Gasteiger partial charge in [0.05, 0.1) is 5.69 Å². The molecular weight excluding hydrogens is 378 g/mol. The van der Waals surface area contributed by atoms with E-state index in [-0.39, 0.29) is 0 Å². The minimum atomic E-state index is 0.463. The molecule has 0 spiro atoms. The number of nitrogens with two attached hydrogens (primary N) is 1. The molecule has 1 aliphatic carbocycles. The number of carbonyl (C=O) groups excluding carboxylic acids is 1. The molecule has 1 saturated heterocycles. The fourth-order valence-corrected chi connectivity index (χ4v) is 4.12. The number of anilines is 1. The molecule has 1 amide bonds. The van der Waals surface area contributed by atoms with E-state index < -0.39 is 0 Å². The predicted molar refractivity (Wildman–Crippen MR) is 118 cm³/mol. The third-order valence-electron chi connectivity index (χ3n) is 5.83. The van der Waals surface area contributed by atoms with E-state index in [0.29, 0.717) is 24.7 Å². The summed E-state index contributed by atoms with van der Waals surface area (Å²) in [5.41, 5.74) is 11.1. The predicted octanol–water partition coefficient (Wildman–Crippen LogP) is 1.81. The second-order valence-electron chi connectivity index (χ2n) is 8.04. The van der Waals surface area contributed by atoms with Gasteiger partial charge in [-0.1, -0.05) is 18.2 Å². The topological polar surface area (TPSA) is 91.8 Å². The molecule has 0 saturated carbocycles. The molecule has 30 heavy (non-hydrogen) atoms. The quantitative estimate of drug-likeness (QED) is 0.710. The molecule has 4 rings (SSSR count). The zero-order chi connectivity index (χ0) is 21.1. The average molecular weight is 408 g/mol. The fourth-order valence-electron chi connectivity index (χ4n) is 4.12. The van der Waals surface area contributed by atoms with E-state index in [4.69, 9.17) is 5.73 Å². The lowest BCUT2D eigenvalue weighted by Crippen LogP contribution is -2.48.